The molecule has 1 fully saturated rings. The summed E-state index contributed by atoms with van der Waals surface area (Å²) in [5.41, 5.74) is 1.49. The molecule has 150 valence electrons. The van der Waals surface area contributed by atoms with Crippen LogP contribution in [0.25, 0.3) is 22.4 Å². The van der Waals surface area contributed by atoms with Gasteiger partial charge in [0.2, 0.25) is 10.0 Å². The summed E-state index contributed by atoms with van der Waals surface area (Å²) in [4.78, 5) is 8.46. The number of nitriles is 1. The maximum atomic E-state index is 13.9. The van der Waals surface area contributed by atoms with Gasteiger partial charge in [-0.1, -0.05) is 0 Å². The third-order valence-electron chi connectivity index (χ3n) is 5.06. The molecule has 3 aromatic rings. The molecule has 29 heavy (non-hydrogen) atoms. The van der Waals surface area contributed by atoms with Crippen LogP contribution in [-0.4, -0.2) is 29.0 Å². The Morgan fingerprint density at radius 2 is 1.97 bits per heavy atom. The van der Waals surface area contributed by atoms with E-state index in [9.17, 15) is 18.1 Å². The monoisotopic (exact) mass is 413 g/mol. The Balaban J connectivity index is 1.89. The summed E-state index contributed by atoms with van der Waals surface area (Å²) in [5, 5.41) is 10.4. The molecule has 1 saturated carbocycles. The van der Waals surface area contributed by atoms with E-state index in [1.165, 1.54) is 24.5 Å². The highest BCUT2D eigenvalue weighted by atomic mass is 32.2. The summed E-state index contributed by atoms with van der Waals surface area (Å²) in [6.07, 6.45) is 5.36. The lowest BCUT2D eigenvalue weighted by Gasteiger charge is -2.29. The van der Waals surface area contributed by atoms with Crippen LogP contribution in [0.1, 0.15) is 44.7 Å². The van der Waals surface area contributed by atoms with Gasteiger partial charge in [-0.2, -0.15) is 5.26 Å². The van der Waals surface area contributed by atoms with Crippen molar-refractivity contribution >= 4 is 20.9 Å². The first-order chi connectivity index (χ1) is 13.8. The molecular formula is C20H20FN5O2S. The third-order valence-corrected chi connectivity index (χ3v) is 6.67. The van der Waals surface area contributed by atoms with E-state index < -0.39 is 10.0 Å². The first-order valence-electron chi connectivity index (χ1n) is 9.40. The maximum absolute atomic E-state index is 13.9. The summed E-state index contributed by atoms with van der Waals surface area (Å²) in [7, 11) is -3.72. The molecule has 0 spiro atoms. The fourth-order valence-electron chi connectivity index (χ4n) is 3.60. The molecular weight excluding hydrogens is 393 g/mol. The molecule has 7 nitrogen and oxygen atoms in total. The molecule has 4 rings (SSSR count). The van der Waals surface area contributed by atoms with E-state index in [2.05, 4.69) is 20.8 Å². The molecule has 9 heteroatoms. The van der Waals surface area contributed by atoms with Crippen molar-refractivity contribution in [1.29, 1.82) is 5.26 Å². The summed E-state index contributed by atoms with van der Waals surface area (Å²) in [5.74, 6) is -0.137. The van der Waals surface area contributed by atoms with Gasteiger partial charge < -0.3 is 4.57 Å². The zero-order valence-electron chi connectivity index (χ0n) is 16.1. The summed E-state index contributed by atoms with van der Waals surface area (Å²) in [6.45, 7) is 3.45. The first kappa shape index (κ1) is 19.5. The highest BCUT2D eigenvalue weighted by Crippen LogP contribution is 2.41. The molecule has 0 aliphatic heterocycles. The van der Waals surface area contributed by atoms with Crippen molar-refractivity contribution in [2.24, 2.45) is 0 Å². The van der Waals surface area contributed by atoms with Crippen molar-refractivity contribution in [2.75, 3.05) is 0 Å². The number of fused-ring (bicyclic) bond motifs is 1. The van der Waals surface area contributed by atoms with E-state index in [0.717, 1.165) is 19.3 Å². The van der Waals surface area contributed by atoms with Crippen molar-refractivity contribution in [1.82, 2.24) is 19.3 Å². The molecule has 2 heterocycles. The molecule has 1 N–H and O–H groups in total. The average Bonchev–Trinajstić information content (AvgIpc) is 2.93. The number of benzene rings is 1. The zero-order chi connectivity index (χ0) is 20.8. The molecule has 1 aliphatic carbocycles. The van der Waals surface area contributed by atoms with Crippen molar-refractivity contribution in [2.45, 2.75) is 50.1 Å². The number of nitrogens with zero attached hydrogens (tertiary/aromatic N) is 4. The molecule has 0 bridgehead atoms. The summed E-state index contributed by atoms with van der Waals surface area (Å²) >= 11 is 0. The van der Waals surface area contributed by atoms with Crippen LogP contribution in [0.15, 0.2) is 35.5 Å². The van der Waals surface area contributed by atoms with Crippen LogP contribution in [0.5, 0.6) is 0 Å². The molecule has 1 aromatic carbocycles. The Kier molecular flexibility index (Phi) is 4.84. The highest BCUT2D eigenvalue weighted by molar-refractivity contribution is 7.89. The minimum Gasteiger partial charge on any atom is -0.334 e. The molecule has 0 amide bonds. The van der Waals surface area contributed by atoms with Crippen molar-refractivity contribution < 1.29 is 12.8 Å². The maximum Gasteiger partial charge on any atom is 0.243 e. The number of hydrogen-bond donors (Lipinski definition) is 1. The standard InChI is InChI=1S/C20H20FN5O2S/c1-12(2)25-29(27,28)15-10-23-20(24-11-15)19-17(9-22)16-7-6-13(21)8-18(16)26(19)14-4-3-5-14/h6-8,10-12,14,25H,3-5H2,1-2H3. The van der Waals surface area contributed by atoms with Crippen LogP contribution in [0, 0.1) is 17.1 Å². The Bertz CT molecular complexity index is 1220. The molecule has 0 atom stereocenters. The number of hydrogen-bond acceptors (Lipinski definition) is 5. The second kappa shape index (κ2) is 7.21. The minimum atomic E-state index is -3.72. The van der Waals surface area contributed by atoms with E-state index in [-0.39, 0.29) is 28.6 Å². The van der Waals surface area contributed by atoms with Gasteiger partial charge in [-0.3, -0.25) is 0 Å². The molecule has 2 aromatic heterocycles. The Labute approximate surface area is 168 Å². The van der Waals surface area contributed by atoms with Gasteiger partial charge in [-0.25, -0.2) is 27.5 Å². The van der Waals surface area contributed by atoms with E-state index in [1.54, 1.807) is 19.9 Å². The smallest absolute Gasteiger partial charge is 0.243 e. The van der Waals surface area contributed by atoms with Gasteiger partial charge in [0.15, 0.2) is 5.82 Å². The Morgan fingerprint density at radius 3 is 2.52 bits per heavy atom. The molecule has 0 unspecified atom stereocenters. The van der Waals surface area contributed by atoms with Crippen LogP contribution in [0.4, 0.5) is 4.39 Å². The van der Waals surface area contributed by atoms with Crippen LogP contribution < -0.4 is 4.72 Å². The van der Waals surface area contributed by atoms with Gasteiger partial charge in [-0.05, 0) is 51.3 Å². The minimum absolute atomic E-state index is 0.0502. The van der Waals surface area contributed by atoms with Crippen molar-refractivity contribution in [3.05, 3.63) is 42.0 Å². The van der Waals surface area contributed by atoms with Gasteiger partial charge in [0, 0.05) is 17.5 Å². The predicted molar refractivity (Wildman–Crippen MR) is 106 cm³/mol. The van der Waals surface area contributed by atoms with Crippen LogP contribution in [0.3, 0.4) is 0 Å². The van der Waals surface area contributed by atoms with Gasteiger partial charge in [0.05, 0.1) is 23.5 Å². The largest absolute Gasteiger partial charge is 0.334 e. The van der Waals surface area contributed by atoms with E-state index in [0.29, 0.717) is 22.2 Å². The van der Waals surface area contributed by atoms with Gasteiger partial charge >= 0.3 is 0 Å². The average molecular weight is 413 g/mol. The van der Waals surface area contributed by atoms with Crippen molar-refractivity contribution in [3.63, 3.8) is 0 Å². The third kappa shape index (κ3) is 3.39. The van der Waals surface area contributed by atoms with Gasteiger partial charge in [0.25, 0.3) is 0 Å². The van der Waals surface area contributed by atoms with Gasteiger partial charge in [0.1, 0.15) is 22.5 Å². The lowest BCUT2D eigenvalue weighted by molar-refractivity contribution is 0.323. The van der Waals surface area contributed by atoms with Crippen molar-refractivity contribution in [3.8, 4) is 17.6 Å². The number of aromatic nitrogens is 3. The Hall–Kier alpha value is -2.83. The first-order valence-corrected chi connectivity index (χ1v) is 10.9. The zero-order valence-corrected chi connectivity index (χ0v) is 16.9. The quantitative estimate of drug-likeness (QED) is 0.690. The lowest BCUT2D eigenvalue weighted by Crippen LogP contribution is -2.30. The van der Waals surface area contributed by atoms with E-state index in [4.69, 9.17) is 0 Å². The summed E-state index contributed by atoms with van der Waals surface area (Å²) in [6, 6.07) is 6.40. The van der Waals surface area contributed by atoms with Gasteiger partial charge in [-0.15, -0.1) is 0 Å². The summed E-state index contributed by atoms with van der Waals surface area (Å²) < 4.78 is 43.0. The SMILES string of the molecule is CC(C)NS(=O)(=O)c1cnc(-c2c(C#N)c3ccc(F)cc3n2C2CCC2)nc1. The van der Waals surface area contributed by atoms with E-state index >= 15 is 0 Å². The topological polar surface area (TPSA) is 101 Å². The number of nitrogens with one attached hydrogen (secondary N) is 1. The highest BCUT2D eigenvalue weighted by Gasteiger charge is 2.29. The fourth-order valence-corrected chi connectivity index (χ4v) is 4.74. The number of sulfonamides is 1. The van der Waals surface area contributed by atoms with Crippen LogP contribution >= 0.6 is 0 Å². The second-order valence-corrected chi connectivity index (χ2v) is 9.18. The normalized spacial score (nSPS) is 14.9. The predicted octanol–water partition coefficient (Wildman–Crippen LogP) is 3.52. The number of rotatable bonds is 5. The van der Waals surface area contributed by atoms with Crippen LogP contribution in [-0.2, 0) is 10.0 Å². The number of halogens is 1. The molecule has 1 aliphatic rings. The van der Waals surface area contributed by atoms with E-state index in [1.807, 2.05) is 4.57 Å². The lowest BCUT2D eigenvalue weighted by atomic mass is 9.92. The second-order valence-electron chi connectivity index (χ2n) is 7.47. The molecule has 0 radical (unpaired) electrons. The van der Waals surface area contributed by atoms with Crippen LogP contribution in [0.2, 0.25) is 0 Å². The Morgan fingerprint density at radius 1 is 1.28 bits per heavy atom. The fraction of sp³-hybridized carbons (Fsp3) is 0.350. The molecule has 0 saturated heterocycles.